The van der Waals surface area contributed by atoms with Crippen LogP contribution in [0.3, 0.4) is 0 Å². The molecular weight excluding hydrogens is 320 g/mol. The van der Waals surface area contributed by atoms with Crippen molar-refractivity contribution in [3.05, 3.63) is 35.9 Å². The van der Waals surface area contributed by atoms with Crippen molar-refractivity contribution in [1.82, 2.24) is 0 Å². The Morgan fingerprint density at radius 1 is 0.960 bits per heavy atom. The minimum atomic E-state index is -1.03. The molecule has 0 radical (unpaired) electrons. The zero-order valence-electron chi connectivity index (χ0n) is 15.6. The van der Waals surface area contributed by atoms with Gasteiger partial charge < -0.3 is 14.6 Å². The van der Waals surface area contributed by atoms with E-state index in [1.807, 2.05) is 44.2 Å². The van der Waals surface area contributed by atoms with Gasteiger partial charge in [0.1, 0.15) is 0 Å². The first-order valence-corrected chi connectivity index (χ1v) is 8.98. The van der Waals surface area contributed by atoms with E-state index >= 15 is 0 Å². The predicted octanol–water partition coefficient (Wildman–Crippen LogP) is 3.31. The number of aliphatic hydroxyl groups excluding tert-OH is 1. The van der Waals surface area contributed by atoms with Gasteiger partial charge in [0.2, 0.25) is 0 Å². The summed E-state index contributed by atoms with van der Waals surface area (Å²) in [4.78, 5) is 24.9. The quantitative estimate of drug-likeness (QED) is 0.518. The molecule has 1 aromatic carbocycles. The maximum Gasteiger partial charge on any atom is 0.320 e. The lowest BCUT2D eigenvalue weighted by atomic mass is 9.81. The summed E-state index contributed by atoms with van der Waals surface area (Å²) in [6.07, 6.45) is 0.495. The van der Waals surface area contributed by atoms with Gasteiger partial charge in [-0.25, -0.2) is 0 Å². The number of hydrogen-bond donors (Lipinski definition) is 1. The Morgan fingerprint density at radius 3 is 1.92 bits per heavy atom. The third kappa shape index (κ3) is 6.50. The molecule has 0 aliphatic carbocycles. The lowest BCUT2D eigenvalue weighted by molar-refractivity contribution is -0.163. The van der Waals surface area contributed by atoms with Crippen LogP contribution in [0.5, 0.6) is 0 Å². The van der Waals surface area contributed by atoms with Crippen molar-refractivity contribution in [2.75, 3.05) is 13.2 Å². The van der Waals surface area contributed by atoms with Crippen molar-refractivity contribution in [3.8, 4) is 0 Å². The smallest absolute Gasteiger partial charge is 0.320 e. The van der Waals surface area contributed by atoms with Crippen molar-refractivity contribution >= 4 is 11.9 Å². The molecular formula is C20H30O5. The maximum absolute atomic E-state index is 12.5. The average molecular weight is 350 g/mol. The van der Waals surface area contributed by atoms with Crippen LogP contribution in [0, 0.1) is 11.8 Å². The van der Waals surface area contributed by atoms with Crippen LogP contribution in [0.15, 0.2) is 30.3 Å². The molecule has 2 unspecified atom stereocenters. The van der Waals surface area contributed by atoms with Crippen LogP contribution in [0.4, 0.5) is 0 Å². The average Bonchev–Trinajstić information content (AvgIpc) is 2.59. The summed E-state index contributed by atoms with van der Waals surface area (Å²) >= 11 is 0. The van der Waals surface area contributed by atoms with Gasteiger partial charge in [-0.3, -0.25) is 9.59 Å². The van der Waals surface area contributed by atoms with Gasteiger partial charge in [0, 0.05) is 5.92 Å². The lowest BCUT2D eigenvalue weighted by Gasteiger charge is -2.26. The SMILES string of the molecule is CCOC(=O)C(C(=O)OCC)C(CCC(O)C(C)C)c1ccccc1. The third-order valence-electron chi connectivity index (χ3n) is 4.25. The Balaban J connectivity index is 3.14. The van der Waals surface area contributed by atoms with Crippen LogP contribution < -0.4 is 0 Å². The van der Waals surface area contributed by atoms with Gasteiger partial charge in [-0.05, 0) is 38.2 Å². The van der Waals surface area contributed by atoms with E-state index in [9.17, 15) is 14.7 Å². The van der Waals surface area contributed by atoms with Crippen molar-refractivity contribution in [1.29, 1.82) is 0 Å². The normalized spacial score (nSPS) is 13.6. The maximum atomic E-state index is 12.5. The fourth-order valence-electron chi connectivity index (χ4n) is 2.80. The molecule has 0 aliphatic heterocycles. The molecule has 140 valence electrons. The number of aliphatic hydroxyl groups is 1. The van der Waals surface area contributed by atoms with Gasteiger partial charge in [0.15, 0.2) is 5.92 Å². The number of carbonyl (C=O) groups is 2. The van der Waals surface area contributed by atoms with Gasteiger partial charge in [0.05, 0.1) is 19.3 Å². The van der Waals surface area contributed by atoms with Gasteiger partial charge >= 0.3 is 11.9 Å². The van der Waals surface area contributed by atoms with Crippen molar-refractivity contribution in [2.45, 2.75) is 52.6 Å². The molecule has 1 rings (SSSR count). The van der Waals surface area contributed by atoms with Crippen LogP contribution in [-0.2, 0) is 19.1 Å². The van der Waals surface area contributed by atoms with Crippen LogP contribution in [0.1, 0.15) is 52.0 Å². The Labute approximate surface area is 150 Å². The highest BCUT2D eigenvalue weighted by Gasteiger charge is 2.38. The highest BCUT2D eigenvalue weighted by Crippen LogP contribution is 2.32. The van der Waals surface area contributed by atoms with Gasteiger partial charge in [-0.15, -0.1) is 0 Å². The zero-order chi connectivity index (χ0) is 18.8. The Kier molecular flexibility index (Phi) is 9.21. The summed E-state index contributed by atoms with van der Waals surface area (Å²) in [7, 11) is 0. The molecule has 0 aliphatic rings. The minimum absolute atomic E-state index is 0.111. The molecule has 0 amide bonds. The molecule has 0 bridgehead atoms. The van der Waals surface area contributed by atoms with E-state index in [2.05, 4.69) is 0 Å². The zero-order valence-corrected chi connectivity index (χ0v) is 15.6. The standard InChI is InChI=1S/C20H30O5/c1-5-24-19(22)18(20(23)25-6-2)16(12-13-17(21)14(3)4)15-10-8-7-9-11-15/h7-11,14,16-18,21H,5-6,12-13H2,1-4H3. The van der Waals surface area contributed by atoms with Crippen LogP contribution in [0.25, 0.3) is 0 Å². The summed E-state index contributed by atoms with van der Waals surface area (Å²) in [5.41, 5.74) is 0.865. The second-order valence-electron chi connectivity index (χ2n) is 6.39. The molecule has 1 N–H and O–H groups in total. The summed E-state index contributed by atoms with van der Waals surface area (Å²) in [5.74, 6) is -2.46. The Bertz CT molecular complexity index is 508. The van der Waals surface area contributed by atoms with E-state index < -0.39 is 29.9 Å². The van der Waals surface area contributed by atoms with Crippen molar-refractivity contribution in [3.63, 3.8) is 0 Å². The Morgan fingerprint density at radius 2 is 1.48 bits per heavy atom. The van der Waals surface area contributed by atoms with Crippen LogP contribution in [-0.4, -0.2) is 36.4 Å². The Hall–Kier alpha value is -1.88. The molecule has 0 aromatic heterocycles. The van der Waals surface area contributed by atoms with Gasteiger partial charge in [-0.2, -0.15) is 0 Å². The fourth-order valence-corrected chi connectivity index (χ4v) is 2.80. The number of benzene rings is 1. The highest BCUT2D eigenvalue weighted by atomic mass is 16.6. The molecule has 5 nitrogen and oxygen atoms in total. The fraction of sp³-hybridized carbons (Fsp3) is 0.600. The van der Waals surface area contributed by atoms with E-state index in [1.165, 1.54) is 0 Å². The number of hydrogen-bond acceptors (Lipinski definition) is 5. The third-order valence-corrected chi connectivity index (χ3v) is 4.25. The van der Waals surface area contributed by atoms with Crippen LogP contribution in [0.2, 0.25) is 0 Å². The van der Waals surface area contributed by atoms with E-state index in [1.54, 1.807) is 13.8 Å². The molecule has 5 heteroatoms. The summed E-state index contributed by atoms with van der Waals surface area (Å²) in [6.45, 7) is 7.70. The van der Waals surface area contributed by atoms with E-state index in [-0.39, 0.29) is 19.1 Å². The first kappa shape index (κ1) is 21.2. The van der Waals surface area contributed by atoms with E-state index in [0.717, 1.165) is 5.56 Å². The highest BCUT2D eigenvalue weighted by molar-refractivity contribution is 5.96. The van der Waals surface area contributed by atoms with Gasteiger partial charge in [-0.1, -0.05) is 44.2 Å². The topological polar surface area (TPSA) is 72.8 Å². The summed E-state index contributed by atoms with van der Waals surface area (Å²) in [5, 5.41) is 10.2. The van der Waals surface area contributed by atoms with Crippen molar-refractivity contribution < 1.29 is 24.2 Å². The summed E-state index contributed by atoms with van der Waals surface area (Å²) in [6, 6.07) is 9.39. The van der Waals surface area contributed by atoms with Gasteiger partial charge in [0.25, 0.3) is 0 Å². The number of rotatable bonds is 10. The molecule has 0 saturated heterocycles. The second kappa shape index (κ2) is 10.9. The largest absolute Gasteiger partial charge is 0.465 e. The lowest BCUT2D eigenvalue weighted by Crippen LogP contribution is -2.34. The first-order chi connectivity index (χ1) is 11.9. The number of ether oxygens (including phenoxy) is 2. The molecule has 0 fully saturated rings. The van der Waals surface area contributed by atoms with Crippen molar-refractivity contribution in [2.24, 2.45) is 11.8 Å². The minimum Gasteiger partial charge on any atom is -0.465 e. The predicted molar refractivity (Wildman–Crippen MR) is 96.0 cm³/mol. The molecule has 0 saturated carbocycles. The van der Waals surface area contributed by atoms with E-state index in [4.69, 9.17) is 9.47 Å². The summed E-state index contributed by atoms with van der Waals surface area (Å²) < 4.78 is 10.3. The molecule has 0 spiro atoms. The van der Waals surface area contributed by atoms with E-state index in [0.29, 0.717) is 12.8 Å². The second-order valence-corrected chi connectivity index (χ2v) is 6.39. The molecule has 0 heterocycles. The molecule has 2 atom stereocenters. The number of carbonyl (C=O) groups excluding carboxylic acids is 2. The molecule has 25 heavy (non-hydrogen) atoms. The molecule has 1 aromatic rings. The number of esters is 2. The van der Waals surface area contributed by atoms with Crippen LogP contribution >= 0.6 is 0 Å². The monoisotopic (exact) mass is 350 g/mol. The first-order valence-electron chi connectivity index (χ1n) is 8.98.